The molecule has 0 aromatic rings. The van der Waals surface area contributed by atoms with E-state index in [1.807, 2.05) is 0 Å². The highest BCUT2D eigenvalue weighted by molar-refractivity contribution is 7.91. The van der Waals surface area contributed by atoms with Crippen molar-refractivity contribution in [2.45, 2.75) is 124 Å². The number of nitrogens with zero attached hydrogens (tertiary/aromatic N) is 1. The van der Waals surface area contributed by atoms with Gasteiger partial charge in [0, 0.05) is 0 Å². The summed E-state index contributed by atoms with van der Waals surface area (Å²) < 4.78 is 5.64. The molecule has 0 atom stereocenters. The summed E-state index contributed by atoms with van der Waals surface area (Å²) in [5.41, 5.74) is 0. The van der Waals surface area contributed by atoms with Crippen molar-refractivity contribution in [3.05, 3.63) is 4.51 Å². The molecular weight excluding hydrogens is 367 g/mol. The Hall–Kier alpha value is 0.358. The van der Waals surface area contributed by atoms with Crippen LogP contribution in [-0.4, -0.2) is 29.6 Å². The zero-order valence-electron chi connectivity index (χ0n) is 20.4. The van der Waals surface area contributed by atoms with Gasteiger partial charge >= 0.3 is 6.79 Å². The quantitative estimate of drug-likeness (QED) is 0.411. The zero-order chi connectivity index (χ0) is 20.9. The molecule has 0 bridgehead atoms. The molecule has 0 N–H and O–H groups in total. The highest BCUT2D eigenvalue weighted by Crippen LogP contribution is 2.59. The first-order valence-electron chi connectivity index (χ1n) is 9.95. The van der Waals surface area contributed by atoms with Crippen LogP contribution in [0.5, 0.6) is 0 Å². The van der Waals surface area contributed by atoms with Gasteiger partial charge in [0.15, 0.2) is 0 Å². The summed E-state index contributed by atoms with van der Waals surface area (Å²) in [4.78, 5) is 0. The average molecular weight is 415 g/mol. The second-order valence-electron chi connectivity index (χ2n) is 12.7. The smallest absolute Gasteiger partial charge is 0.208 e. The lowest BCUT2D eigenvalue weighted by Crippen LogP contribution is -2.88. The first-order chi connectivity index (χ1) is 10.6. The van der Waals surface area contributed by atoms with Crippen molar-refractivity contribution in [3.63, 3.8) is 0 Å². The van der Waals surface area contributed by atoms with Crippen molar-refractivity contribution in [1.29, 1.82) is 0 Å². The molecule has 0 aromatic carbocycles. The molecule has 0 radical (unpaired) electrons. The molecule has 1 nitrogen and oxygen atoms in total. The van der Waals surface area contributed by atoms with Crippen molar-refractivity contribution < 1.29 is 0 Å². The van der Waals surface area contributed by atoms with Gasteiger partial charge in [-0.25, -0.2) is 4.51 Å². The van der Waals surface area contributed by atoms with Gasteiger partial charge in [-0.1, -0.05) is 102 Å². The lowest BCUT2D eigenvalue weighted by atomic mass is 10.2. The average Bonchev–Trinajstić information content (AvgIpc) is 2.30. The molecular formula is C20H48NSi4+. The Morgan fingerprint density at radius 1 is 0.520 bits per heavy atom. The highest BCUT2D eigenvalue weighted by Gasteiger charge is 2.85. The summed E-state index contributed by atoms with van der Waals surface area (Å²) in [6, 6.07) is 3.43. The highest BCUT2D eigenvalue weighted by atomic mass is 29.9. The maximum atomic E-state index is 5.64. The molecule has 0 saturated carbocycles. The van der Waals surface area contributed by atoms with E-state index in [1.54, 1.807) is 0 Å². The molecule has 0 aliphatic carbocycles. The van der Waals surface area contributed by atoms with Crippen LogP contribution < -0.4 is 0 Å². The normalized spacial score (nSPS) is 15.7. The zero-order valence-corrected chi connectivity index (χ0v) is 24.4. The molecule has 0 rings (SSSR count). The van der Waals surface area contributed by atoms with E-state index in [-0.39, 0.29) is 0 Å². The lowest BCUT2D eigenvalue weighted by molar-refractivity contribution is 0.719. The monoisotopic (exact) mass is 414 g/mol. The Bertz CT molecular complexity index is 479. The van der Waals surface area contributed by atoms with Gasteiger partial charge in [0.2, 0.25) is 6.07 Å². The van der Waals surface area contributed by atoms with E-state index in [0.717, 1.165) is 0 Å². The van der Waals surface area contributed by atoms with Crippen molar-refractivity contribution in [1.82, 2.24) is 0 Å². The van der Waals surface area contributed by atoms with E-state index in [4.69, 9.17) is 4.51 Å². The minimum atomic E-state index is -1.95. The van der Waals surface area contributed by atoms with Crippen LogP contribution in [0, 0.1) is 6.07 Å². The number of hydrogen-bond donors (Lipinski definition) is 0. The van der Waals surface area contributed by atoms with Gasteiger partial charge in [-0.3, -0.25) is 0 Å². The van der Waals surface area contributed by atoms with Gasteiger partial charge in [0.1, 0.15) is 22.8 Å². The third-order valence-electron chi connectivity index (χ3n) is 8.62. The summed E-state index contributed by atoms with van der Waals surface area (Å²) in [6.45, 7) is 38.8. The topological polar surface area (TPSA) is 4.36 Å². The van der Waals surface area contributed by atoms with Crippen LogP contribution in [0.3, 0.4) is 0 Å². The second-order valence-corrected chi connectivity index (χ2v) is 50.8. The van der Waals surface area contributed by atoms with E-state index < -0.39 is 29.6 Å². The van der Waals surface area contributed by atoms with Gasteiger partial charge in [-0.05, 0) is 15.1 Å². The SMILES string of the molecule is CC#[N+][Si]([Si](C)(C)C(C)(C)C)([Si](C)(C)C(C)(C)C)[Si](C)(C)C(C)(C)C. The summed E-state index contributed by atoms with van der Waals surface area (Å²) in [6.07, 6.45) is 0. The number of rotatable bonds is 3. The van der Waals surface area contributed by atoms with Crippen LogP contribution >= 0.6 is 0 Å². The Balaban J connectivity index is 7.53. The van der Waals surface area contributed by atoms with Gasteiger partial charge in [0.05, 0.1) is 6.92 Å². The minimum Gasteiger partial charge on any atom is -0.208 e. The van der Waals surface area contributed by atoms with Crippen molar-refractivity contribution in [3.8, 4) is 6.07 Å². The van der Waals surface area contributed by atoms with E-state index >= 15 is 0 Å². The fraction of sp³-hybridized carbons (Fsp3) is 0.950. The van der Waals surface area contributed by atoms with Crippen LogP contribution in [0.1, 0.15) is 69.2 Å². The van der Waals surface area contributed by atoms with Gasteiger partial charge < -0.3 is 0 Å². The van der Waals surface area contributed by atoms with E-state index in [9.17, 15) is 0 Å². The van der Waals surface area contributed by atoms with Gasteiger partial charge in [-0.15, -0.1) is 0 Å². The molecule has 0 aliphatic heterocycles. The summed E-state index contributed by atoms with van der Waals surface area (Å²) in [7, 11) is -4.99. The van der Waals surface area contributed by atoms with Crippen LogP contribution in [0.2, 0.25) is 54.4 Å². The summed E-state index contributed by atoms with van der Waals surface area (Å²) in [5.74, 6) is 0. The maximum absolute atomic E-state index is 5.64. The fourth-order valence-electron chi connectivity index (χ4n) is 4.56. The fourth-order valence-corrected chi connectivity index (χ4v) is 103. The van der Waals surface area contributed by atoms with Gasteiger partial charge in [0.25, 0.3) is 0 Å². The Kier molecular flexibility index (Phi) is 6.85. The molecule has 148 valence electrons. The molecule has 5 heteroatoms. The van der Waals surface area contributed by atoms with E-state index in [0.29, 0.717) is 15.1 Å². The Labute approximate surface area is 163 Å². The molecule has 25 heavy (non-hydrogen) atoms. The molecule has 0 spiro atoms. The first-order valence-corrected chi connectivity index (χ1v) is 23.9. The minimum absolute atomic E-state index is 0.366. The van der Waals surface area contributed by atoms with Crippen LogP contribution in [0.25, 0.3) is 4.51 Å². The summed E-state index contributed by atoms with van der Waals surface area (Å²) in [5, 5.41) is 1.10. The molecule has 0 heterocycles. The second kappa shape index (κ2) is 6.75. The maximum Gasteiger partial charge on any atom is 0.434 e. The predicted molar refractivity (Wildman–Crippen MR) is 130 cm³/mol. The lowest BCUT2D eigenvalue weighted by Gasteiger charge is -2.57. The van der Waals surface area contributed by atoms with Crippen molar-refractivity contribution in [2.24, 2.45) is 0 Å². The molecule has 0 aliphatic rings. The predicted octanol–water partition coefficient (Wildman–Crippen LogP) is 8.05. The third kappa shape index (κ3) is 3.58. The molecule has 0 unspecified atom stereocenters. The van der Waals surface area contributed by atoms with Crippen LogP contribution in [0.4, 0.5) is 0 Å². The van der Waals surface area contributed by atoms with Crippen LogP contribution in [0.15, 0.2) is 0 Å². The largest absolute Gasteiger partial charge is 0.434 e. The molecule has 0 saturated heterocycles. The Morgan fingerprint density at radius 2 is 0.720 bits per heavy atom. The molecule has 0 aromatic heterocycles. The third-order valence-corrected chi connectivity index (χ3v) is 83.6. The molecule has 0 amide bonds. The standard InChI is InChI=1S/C20H48NSi4/c1-17-21-25(22(11,12)18(2,3)4,23(13,14)19(5,6)7)24(15,16)20(8,9)10/h1-16H3/q+1. The first kappa shape index (κ1) is 25.4. The van der Waals surface area contributed by atoms with Gasteiger partial charge in [-0.2, -0.15) is 0 Å². The van der Waals surface area contributed by atoms with E-state index in [2.05, 4.69) is 115 Å². The van der Waals surface area contributed by atoms with Crippen LogP contribution in [-0.2, 0) is 0 Å². The van der Waals surface area contributed by atoms with Crippen molar-refractivity contribution >= 4 is 29.6 Å². The van der Waals surface area contributed by atoms with E-state index in [1.165, 1.54) is 0 Å². The number of hydrogen-bond acceptors (Lipinski definition) is 0. The molecule has 0 fully saturated rings. The Morgan fingerprint density at radius 3 is 0.840 bits per heavy atom. The van der Waals surface area contributed by atoms with Crippen molar-refractivity contribution in [2.75, 3.05) is 0 Å². The summed E-state index contributed by atoms with van der Waals surface area (Å²) >= 11 is 0.